The first-order valence-corrected chi connectivity index (χ1v) is 22.7. The molecule has 0 N–H and O–H groups in total. The standard InChI is InChI=1S/C61H38F6N4/c1-35-23-42(28-44(25-35)60(62,63)64)39-14-20-57-51(30-39)48-9-5-7-11-55(48)70(57)46-17-19-54(69-4)50(33-46)53-32-41(47-18-13-38(34-68)27-37(47)3)16-22-59(53)71-56-12-8-6-10-49(56)52-31-40(15-21-58(52)71)43-24-36(2)26-45(29-43)61(65,66)67/h5-33H,1-3H3. The van der Waals surface area contributed by atoms with Gasteiger partial charge in [-0.25, -0.2) is 4.85 Å². The van der Waals surface area contributed by atoms with Gasteiger partial charge in [-0.3, -0.25) is 0 Å². The molecule has 0 spiro atoms. The summed E-state index contributed by atoms with van der Waals surface area (Å²) in [5, 5.41) is 13.2. The summed E-state index contributed by atoms with van der Waals surface area (Å²) in [5.41, 5.74) is 11.5. The molecular weight excluding hydrogens is 903 g/mol. The molecule has 2 aromatic heterocycles. The smallest absolute Gasteiger partial charge is 0.309 e. The fraction of sp³-hybridized carbons (Fsp3) is 0.0820. The van der Waals surface area contributed by atoms with E-state index in [9.17, 15) is 31.6 Å². The SMILES string of the molecule is [C-]#[N+]c1ccc(-n2c3ccccc3c3cc(-c4cc(C)cc(C(F)(F)F)c4)ccc32)cc1-c1cc(-c2ccc(C#N)cc2C)ccc1-n1c2ccccc2c2cc(-c3cc(C)cc(C(F)(F)F)c3)ccc21. The third-order valence-electron chi connectivity index (χ3n) is 13.4. The van der Waals surface area contributed by atoms with Crippen molar-refractivity contribution in [2.24, 2.45) is 0 Å². The molecule has 0 aliphatic carbocycles. The Hall–Kier alpha value is -8.86. The van der Waals surface area contributed by atoms with Crippen molar-refractivity contribution in [2.45, 2.75) is 33.1 Å². The first kappa shape index (κ1) is 44.6. The zero-order valence-corrected chi connectivity index (χ0v) is 38.3. The van der Waals surface area contributed by atoms with E-state index in [0.717, 1.165) is 89.4 Å². The molecule has 0 aliphatic heterocycles. The molecule has 0 aliphatic rings. The number of rotatable bonds is 6. The van der Waals surface area contributed by atoms with E-state index in [1.165, 1.54) is 12.1 Å². The molecule has 0 fully saturated rings. The molecule has 4 nitrogen and oxygen atoms in total. The van der Waals surface area contributed by atoms with E-state index >= 15 is 0 Å². The highest BCUT2D eigenvalue weighted by Gasteiger charge is 2.32. The molecule has 11 rings (SSSR count). The Balaban J connectivity index is 1.15. The molecule has 0 saturated carbocycles. The van der Waals surface area contributed by atoms with Gasteiger partial charge in [0, 0.05) is 27.2 Å². The quantitative estimate of drug-likeness (QED) is 0.121. The van der Waals surface area contributed by atoms with Crippen LogP contribution in [-0.4, -0.2) is 9.13 Å². The van der Waals surface area contributed by atoms with Crippen LogP contribution in [0.2, 0.25) is 0 Å². The molecule has 0 amide bonds. The molecule has 11 aromatic rings. The molecule has 2 heterocycles. The van der Waals surface area contributed by atoms with Crippen LogP contribution < -0.4 is 0 Å². The largest absolute Gasteiger partial charge is 0.416 e. The third-order valence-corrected chi connectivity index (χ3v) is 13.4. The molecule has 344 valence electrons. The average Bonchev–Trinajstić information content (AvgIpc) is 3.87. The van der Waals surface area contributed by atoms with Gasteiger partial charge in [0.1, 0.15) is 0 Å². The number of hydrogen-bond acceptors (Lipinski definition) is 1. The minimum atomic E-state index is -4.51. The zero-order chi connectivity index (χ0) is 49.5. The first-order chi connectivity index (χ1) is 34.1. The monoisotopic (exact) mass is 940 g/mol. The van der Waals surface area contributed by atoms with E-state index in [2.05, 4.69) is 26.1 Å². The second kappa shape index (κ2) is 16.7. The van der Waals surface area contributed by atoms with Gasteiger partial charge in [0.15, 0.2) is 5.69 Å². The van der Waals surface area contributed by atoms with Crippen molar-refractivity contribution in [2.75, 3.05) is 0 Å². The normalized spacial score (nSPS) is 12.0. The number of fused-ring (bicyclic) bond motifs is 6. The summed E-state index contributed by atoms with van der Waals surface area (Å²) in [7, 11) is 0. The summed E-state index contributed by atoms with van der Waals surface area (Å²) in [4.78, 5) is 4.07. The minimum absolute atomic E-state index is 0.384. The lowest BCUT2D eigenvalue weighted by Gasteiger charge is -2.19. The summed E-state index contributed by atoms with van der Waals surface area (Å²) >= 11 is 0. The van der Waals surface area contributed by atoms with Gasteiger partial charge in [-0.1, -0.05) is 78.9 Å². The summed E-state index contributed by atoms with van der Waals surface area (Å²) in [5.74, 6) is 0. The van der Waals surface area contributed by atoms with Crippen LogP contribution in [0, 0.1) is 38.7 Å². The molecule has 0 radical (unpaired) electrons. The number of nitriles is 1. The van der Waals surface area contributed by atoms with E-state index in [0.29, 0.717) is 50.2 Å². The Morgan fingerprint density at radius 3 is 1.54 bits per heavy atom. The van der Waals surface area contributed by atoms with Crippen molar-refractivity contribution < 1.29 is 26.3 Å². The van der Waals surface area contributed by atoms with Crippen molar-refractivity contribution in [1.82, 2.24) is 9.13 Å². The van der Waals surface area contributed by atoms with Gasteiger partial charge in [-0.2, -0.15) is 31.6 Å². The number of hydrogen-bond donors (Lipinski definition) is 0. The Kier molecular flexibility index (Phi) is 10.5. The molecule has 10 heteroatoms. The fourth-order valence-corrected chi connectivity index (χ4v) is 10.2. The topological polar surface area (TPSA) is 38.0 Å². The Labute approximate surface area is 404 Å². The van der Waals surface area contributed by atoms with Gasteiger partial charge in [0.05, 0.1) is 57.1 Å². The molecule has 71 heavy (non-hydrogen) atoms. The lowest BCUT2D eigenvalue weighted by atomic mass is 9.93. The van der Waals surface area contributed by atoms with Crippen LogP contribution >= 0.6 is 0 Å². The van der Waals surface area contributed by atoms with Crippen molar-refractivity contribution in [3.8, 4) is 62.0 Å². The Morgan fingerprint density at radius 2 is 0.986 bits per heavy atom. The zero-order valence-electron chi connectivity index (χ0n) is 38.3. The summed E-state index contributed by atoms with van der Waals surface area (Å²) in [6, 6.07) is 54.9. The van der Waals surface area contributed by atoms with E-state index in [-0.39, 0.29) is 0 Å². The maximum absolute atomic E-state index is 14.0. The number of para-hydroxylation sites is 2. The highest BCUT2D eigenvalue weighted by atomic mass is 19.4. The van der Waals surface area contributed by atoms with E-state index < -0.39 is 23.5 Å². The molecule has 0 saturated heterocycles. The fourth-order valence-electron chi connectivity index (χ4n) is 10.2. The van der Waals surface area contributed by atoms with Gasteiger partial charge in [0.25, 0.3) is 0 Å². The van der Waals surface area contributed by atoms with Crippen molar-refractivity contribution >= 4 is 49.3 Å². The molecule has 0 unspecified atom stereocenters. The van der Waals surface area contributed by atoms with Gasteiger partial charge >= 0.3 is 12.4 Å². The van der Waals surface area contributed by atoms with Crippen molar-refractivity contribution in [3.63, 3.8) is 0 Å². The maximum Gasteiger partial charge on any atom is 0.416 e. The lowest BCUT2D eigenvalue weighted by Crippen LogP contribution is -2.05. The van der Waals surface area contributed by atoms with Gasteiger partial charge in [0.2, 0.25) is 0 Å². The third kappa shape index (κ3) is 7.75. The highest BCUT2D eigenvalue weighted by molar-refractivity contribution is 6.12. The number of aromatic nitrogens is 2. The summed E-state index contributed by atoms with van der Waals surface area (Å²) in [6.45, 7) is 13.8. The first-order valence-electron chi connectivity index (χ1n) is 22.7. The number of halogens is 6. The number of nitrogens with zero attached hydrogens (tertiary/aromatic N) is 4. The summed E-state index contributed by atoms with van der Waals surface area (Å²) < 4.78 is 88.3. The number of aryl methyl sites for hydroxylation is 3. The number of alkyl halides is 6. The minimum Gasteiger partial charge on any atom is -0.309 e. The molecular formula is C61H38F6N4. The van der Waals surface area contributed by atoms with Crippen LogP contribution in [0.25, 0.3) is 104 Å². The van der Waals surface area contributed by atoms with E-state index in [1.807, 2.05) is 128 Å². The highest BCUT2D eigenvalue weighted by Crippen LogP contribution is 2.45. The van der Waals surface area contributed by atoms with Gasteiger partial charge < -0.3 is 9.13 Å². The molecule has 0 atom stereocenters. The van der Waals surface area contributed by atoms with Crippen LogP contribution in [0.15, 0.2) is 176 Å². The van der Waals surface area contributed by atoms with E-state index in [1.54, 1.807) is 38.1 Å². The van der Waals surface area contributed by atoms with Crippen LogP contribution in [-0.2, 0) is 12.4 Å². The van der Waals surface area contributed by atoms with Crippen LogP contribution in [0.3, 0.4) is 0 Å². The average molecular weight is 941 g/mol. The Morgan fingerprint density at radius 1 is 0.451 bits per heavy atom. The summed E-state index contributed by atoms with van der Waals surface area (Å²) in [6.07, 6.45) is -9.02. The second-order valence-corrected chi connectivity index (χ2v) is 18.0. The predicted octanol–water partition coefficient (Wildman–Crippen LogP) is 17.9. The predicted molar refractivity (Wildman–Crippen MR) is 272 cm³/mol. The molecule has 0 bridgehead atoms. The number of benzene rings is 9. The van der Waals surface area contributed by atoms with Crippen molar-refractivity contribution in [1.29, 1.82) is 5.26 Å². The molecule has 9 aromatic carbocycles. The maximum atomic E-state index is 14.0. The van der Waals surface area contributed by atoms with Crippen LogP contribution in [0.4, 0.5) is 32.0 Å². The van der Waals surface area contributed by atoms with Crippen LogP contribution in [0.1, 0.15) is 33.4 Å². The Bertz CT molecular complexity index is 4100. The van der Waals surface area contributed by atoms with Crippen LogP contribution in [0.5, 0.6) is 0 Å². The second-order valence-electron chi connectivity index (χ2n) is 18.0. The van der Waals surface area contributed by atoms with Gasteiger partial charge in [-0.15, -0.1) is 0 Å². The van der Waals surface area contributed by atoms with Crippen molar-refractivity contribution in [3.05, 3.63) is 221 Å². The lowest BCUT2D eigenvalue weighted by molar-refractivity contribution is -0.138. The van der Waals surface area contributed by atoms with Gasteiger partial charge in [-0.05, 0) is 179 Å². The van der Waals surface area contributed by atoms with E-state index in [4.69, 9.17) is 6.57 Å².